The van der Waals surface area contributed by atoms with Gasteiger partial charge >= 0.3 is 0 Å². The molecule has 6 heteroatoms. The Hall–Kier alpha value is -2.60. The molecule has 4 rings (SSSR count). The van der Waals surface area contributed by atoms with Crippen molar-refractivity contribution in [3.8, 4) is 5.13 Å². The van der Waals surface area contributed by atoms with E-state index in [0.717, 1.165) is 37.0 Å². The summed E-state index contributed by atoms with van der Waals surface area (Å²) in [5.74, 6) is 0.166. The Kier molecular flexibility index (Phi) is 4.99. The average molecular weight is 381 g/mol. The lowest BCUT2D eigenvalue weighted by Gasteiger charge is -2.37. The average Bonchev–Trinajstić information content (AvgIpc) is 3.33. The van der Waals surface area contributed by atoms with Crippen molar-refractivity contribution in [2.75, 3.05) is 31.1 Å². The lowest BCUT2D eigenvalue weighted by molar-refractivity contribution is -0.130. The topological polar surface area (TPSA) is 41.4 Å². The van der Waals surface area contributed by atoms with E-state index < -0.39 is 0 Å². The summed E-state index contributed by atoms with van der Waals surface area (Å²) in [5.41, 5.74) is 4.72. The Morgan fingerprint density at radius 1 is 1.11 bits per heavy atom. The summed E-state index contributed by atoms with van der Waals surface area (Å²) >= 11 is 1.57. The van der Waals surface area contributed by atoms with Crippen molar-refractivity contribution in [1.82, 2.24) is 14.5 Å². The largest absolute Gasteiger partial charge is 0.368 e. The van der Waals surface area contributed by atoms with Gasteiger partial charge in [-0.15, -0.1) is 11.3 Å². The molecule has 0 saturated carbocycles. The molecular weight excluding hydrogens is 356 g/mol. The smallest absolute Gasteiger partial charge is 0.228 e. The minimum absolute atomic E-state index is 0.166. The first-order valence-electron chi connectivity index (χ1n) is 9.28. The van der Waals surface area contributed by atoms with E-state index in [9.17, 15) is 4.79 Å². The Balaban J connectivity index is 1.35. The van der Waals surface area contributed by atoms with E-state index in [1.165, 1.54) is 16.8 Å². The number of piperazine rings is 1. The molecule has 1 saturated heterocycles. The molecule has 0 atom stereocenters. The SMILES string of the molecule is Cc1ccc(N2CCN(C(=O)Cc3csc(-n4cccc4)n3)CC2)c(C)c1. The molecule has 0 aliphatic carbocycles. The monoisotopic (exact) mass is 380 g/mol. The molecule has 0 unspecified atom stereocenters. The van der Waals surface area contributed by atoms with Crippen LogP contribution < -0.4 is 4.90 Å². The highest BCUT2D eigenvalue weighted by Gasteiger charge is 2.22. The number of benzene rings is 1. The van der Waals surface area contributed by atoms with Crippen LogP contribution in [0.4, 0.5) is 5.69 Å². The van der Waals surface area contributed by atoms with Crippen LogP contribution in [0.1, 0.15) is 16.8 Å². The number of nitrogens with zero attached hydrogens (tertiary/aromatic N) is 4. The third kappa shape index (κ3) is 3.90. The quantitative estimate of drug-likeness (QED) is 0.696. The first-order valence-corrected chi connectivity index (χ1v) is 10.2. The highest BCUT2D eigenvalue weighted by Crippen LogP contribution is 2.23. The zero-order chi connectivity index (χ0) is 18.8. The Morgan fingerprint density at radius 2 is 1.85 bits per heavy atom. The van der Waals surface area contributed by atoms with Gasteiger partial charge in [-0.2, -0.15) is 0 Å². The van der Waals surface area contributed by atoms with Crippen LogP contribution in [-0.4, -0.2) is 46.5 Å². The van der Waals surface area contributed by atoms with Gasteiger partial charge in [0.2, 0.25) is 5.91 Å². The number of carbonyl (C=O) groups excluding carboxylic acids is 1. The van der Waals surface area contributed by atoms with Gasteiger partial charge in [0.25, 0.3) is 0 Å². The number of hydrogen-bond donors (Lipinski definition) is 0. The Morgan fingerprint density at radius 3 is 2.56 bits per heavy atom. The molecule has 5 nitrogen and oxygen atoms in total. The molecule has 0 radical (unpaired) electrons. The zero-order valence-corrected chi connectivity index (χ0v) is 16.6. The van der Waals surface area contributed by atoms with Crippen LogP contribution in [0, 0.1) is 13.8 Å². The number of hydrogen-bond acceptors (Lipinski definition) is 4. The van der Waals surface area contributed by atoms with Crippen LogP contribution >= 0.6 is 11.3 Å². The number of aromatic nitrogens is 2. The molecule has 140 valence electrons. The molecule has 0 spiro atoms. The summed E-state index contributed by atoms with van der Waals surface area (Å²) in [4.78, 5) is 21.6. The number of aryl methyl sites for hydroxylation is 2. The van der Waals surface area contributed by atoms with Gasteiger partial charge in [0.1, 0.15) is 0 Å². The Labute approximate surface area is 163 Å². The molecule has 1 aliphatic rings. The van der Waals surface area contributed by atoms with Crippen molar-refractivity contribution in [3.63, 3.8) is 0 Å². The number of anilines is 1. The number of carbonyl (C=O) groups is 1. The fourth-order valence-corrected chi connectivity index (χ4v) is 4.37. The molecule has 1 aromatic carbocycles. The summed E-state index contributed by atoms with van der Waals surface area (Å²) in [6.45, 7) is 7.56. The second kappa shape index (κ2) is 7.56. The van der Waals surface area contributed by atoms with Gasteiger partial charge in [0.05, 0.1) is 12.1 Å². The number of thiazole rings is 1. The van der Waals surface area contributed by atoms with E-state index >= 15 is 0 Å². The van der Waals surface area contributed by atoms with Gasteiger partial charge in [-0.3, -0.25) is 4.79 Å². The van der Waals surface area contributed by atoms with Crippen molar-refractivity contribution in [1.29, 1.82) is 0 Å². The maximum atomic E-state index is 12.7. The molecule has 2 aromatic heterocycles. The van der Waals surface area contributed by atoms with Gasteiger partial charge in [-0.25, -0.2) is 4.98 Å². The highest BCUT2D eigenvalue weighted by atomic mass is 32.1. The highest BCUT2D eigenvalue weighted by molar-refractivity contribution is 7.12. The standard InChI is InChI=1S/C21H24N4OS/c1-16-5-6-19(17(2)13-16)23-9-11-24(12-10-23)20(26)14-18-15-27-21(22-18)25-7-3-4-8-25/h3-8,13,15H,9-12,14H2,1-2H3. The lowest BCUT2D eigenvalue weighted by atomic mass is 10.1. The summed E-state index contributed by atoms with van der Waals surface area (Å²) in [6, 6.07) is 10.5. The predicted molar refractivity (Wildman–Crippen MR) is 110 cm³/mol. The summed E-state index contributed by atoms with van der Waals surface area (Å²) in [6.07, 6.45) is 4.31. The van der Waals surface area contributed by atoms with Crippen molar-refractivity contribution in [2.24, 2.45) is 0 Å². The molecule has 27 heavy (non-hydrogen) atoms. The third-order valence-electron chi connectivity index (χ3n) is 5.02. The van der Waals surface area contributed by atoms with Crippen LogP contribution in [0.3, 0.4) is 0 Å². The summed E-state index contributed by atoms with van der Waals surface area (Å²) in [7, 11) is 0. The molecule has 1 amide bonds. The van der Waals surface area contributed by atoms with E-state index in [1.54, 1.807) is 11.3 Å². The second-order valence-corrected chi connectivity index (χ2v) is 7.88. The minimum atomic E-state index is 0.166. The maximum Gasteiger partial charge on any atom is 0.228 e. The van der Waals surface area contributed by atoms with E-state index in [2.05, 4.69) is 41.9 Å². The van der Waals surface area contributed by atoms with Crippen molar-refractivity contribution in [3.05, 3.63) is 64.9 Å². The van der Waals surface area contributed by atoms with Crippen molar-refractivity contribution < 1.29 is 4.79 Å². The van der Waals surface area contributed by atoms with Crippen molar-refractivity contribution in [2.45, 2.75) is 20.3 Å². The maximum absolute atomic E-state index is 12.7. The molecular formula is C21H24N4OS. The van der Waals surface area contributed by atoms with E-state index in [4.69, 9.17) is 0 Å². The van der Waals surface area contributed by atoms with Crippen LogP contribution in [0.2, 0.25) is 0 Å². The second-order valence-electron chi connectivity index (χ2n) is 7.05. The van der Waals surface area contributed by atoms with Gasteiger partial charge < -0.3 is 14.4 Å². The molecule has 0 N–H and O–H groups in total. The lowest BCUT2D eigenvalue weighted by Crippen LogP contribution is -2.49. The first-order chi connectivity index (χ1) is 13.1. The van der Waals surface area contributed by atoms with Gasteiger partial charge in [0, 0.05) is 49.6 Å². The van der Waals surface area contributed by atoms with Gasteiger partial charge in [-0.05, 0) is 37.6 Å². The number of rotatable bonds is 4. The van der Waals surface area contributed by atoms with Gasteiger partial charge in [-0.1, -0.05) is 17.7 Å². The van der Waals surface area contributed by atoms with Crippen LogP contribution in [0.5, 0.6) is 0 Å². The molecule has 3 heterocycles. The predicted octanol–water partition coefficient (Wildman–Crippen LogP) is 3.44. The summed E-state index contributed by atoms with van der Waals surface area (Å²) in [5, 5.41) is 2.89. The zero-order valence-electron chi connectivity index (χ0n) is 15.8. The van der Waals surface area contributed by atoms with Crippen LogP contribution in [0.15, 0.2) is 48.1 Å². The van der Waals surface area contributed by atoms with E-state index in [0.29, 0.717) is 6.42 Å². The van der Waals surface area contributed by atoms with E-state index in [1.807, 2.05) is 39.4 Å². The first kappa shape index (κ1) is 17.8. The Bertz CT molecular complexity index is 924. The van der Waals surface area contributed by atoms with Crippen LogP contribution in [0.25, 0.3) is 5.13 Å². The van der Waals surface area contributed by atoms with E-state index in [-0.39, 0.29) is 5.91 Å². The van der Waals surface area contributed by atoms with Crippen LogP contribution in [-0.2, 0) is 11.2 Å². The summed E-state index contributed by atoms with van der Waals surface area (Å²) < 4.78 is 1.97. The molecule has 3 aromatic rings. The third-order valence-corrected chi connectivity index (χ3v) is 5.93. The minimum Gasteiger partial charge on any atom is -0.368 e. The van der Waals surface area contributed by atoms with Gasteiger partial charge in [0.15, 0.2) is 5.13 Å². The van der Waals surface area contributed by atoms with Crippen molar-refractivity contribution >= 4 is 22.9 Å². The normalized spacial score (nSPS) is 14.6. The number of amides is 1. The molecule has 0 bridgehead atoms. The molecule has 1 aliphatic heterocycles. The fraction of sp³-hybridized carbons (Fsp3) is 0.333. The molecule has 1 fully saturated rings. The fourth-order valence-electron chi connectivity index (χ4n) is 3.58.